The van der Waals surface area contributed by atoms with Gasteiger partial charge in [-0.25, -0.2) is 13.1 Å². The van der Waals surface area contributed by atoms with Crippen molar-refractivity contribution in [2.24, 2.45) is 0 Å². The Kier molecular flexibility index (Phi) is 6.33. The number of aryl methyl sites for hydroxylation is 1. The minimum atomic E-state index is -3.77. The van der Waals surface area contributed by atoms with Gasteiger partial charge in [-0.2, -0.15) is 0 Å². The lowest BCUT2D eigenvalue weighted by molar-refractivity contribution is -0.117. The van der Waals surface area contributed by atoms with E-state index in [1.807, 2.05) is 19.1 Å². The van der Waals surface area contributed by atoms with Crippen LogP contribution in [-0.4, -0.2) is 45.2 Å². The van der Waals surface area contributed by atoms with Crippen molar-refractivity contribution in [2.45, 2.75) is 30.8 Å². The first-order valence-electron chi connectivity index (χ1n) is 9.13. The van der Waals surface area contributed by atoms with Crippen molar-refractivity contribution in [2.75, 3.05) is 24.6 Å². The molecule has 0 aromatic heterocycles. The molecule has 1 atom stereocenters. The zero-order valence-corrected chi connectivity index (χ0v) is 16.5. The van der Waals surface area contributed by atoms with Gasteiger partial charge < -0.3 is 14.7 Å². The zero-order valence-electron chi connectivity index (χ0n) is 15.7. The fraction of sp³-hybridized carbons (Fsp3) is 0.350. The molecule has 0 bridgehead atoms. The zero-order chi connectivity index (χ0) is 20.1. The van der Waals surface area contributed by atoms with Crippen LogP contribution in [0.4, 0.5) is 5.69 Å². The van der Waals surface area contributed by atoms with Gasteiger partial charge >= 0.3 is 0 Å². The monoisotopic (exact) mass is 404 g/mol. The number of rotatable bonds is 8. The Morgan fingerprint density at radius 2 is 1.82 bits per heavy atom. The molecule has 2 aromatic rings. The van der Waals surface area contributed by atoms with Gasteiger partial charge in [0.05, 0.1) is 4.90 Å². The third kappa shape index (κ3) is 5.09. The van der Waals surface area contributed by atoms with Crippen LogP contribution in [-0.2, 0) is 14.8 Å². The first-order valence-corrected chi connectivity index (χ1v) is 10.6. The highest BCUT2D eigenvalue weighted by atomic mass is 32.2. The molecule has 3 rings (SSSR count). The maximum atomic E-state index is 12.4. The first-order chi connectivity index (χ1) is 13.3. The molecule has 0 spiro atoms. The Morgan fingerprint density at radius 3 is 2.43 bits per heavy atom. The van der Waals surface area contributed by atoms with Gasteiger partial charge in [0.15, 0.2) is 0 Å². The highest BCUT2D eigenvalue weighted by Gasteiger charge is 2.22. The summed E-state index contributed by atoms with van der Waals surface area (Å²) in [5, 5.41) is 10.00. The largest absolute Gasteiger partial charge is 0.491 e. The van der Waals surface area contributed by atoms with Crippen molar-refractivity contribution in [1.29, 1.82) is 0 Å². The molecule has 0 aliphatic carbocycles. The molecule has 150 valence electrons. The number of hydrogen-bond acceptors (Lipinski definition) is 5. The second kappa shape index (κ2) is 8.72. The molecule has 1 aliphatic heterocycles. The molecule has 8 heteroatoms. The molecule has 7 nitrogen and oxygen atoms in total. The van der Waals surface area contributed by atoms with Crippen LogP contribution in [0.3, 0.4) is 0 Å². The fourth-order valence-corrected chi connectivity index (χ4v) is 3.97. The van der Waals surface area contributed by atoms with E-state index < -0.39 is 16.1 Å². The summed E-state index contributed by atoms with van der Waals surface area (Å²) in [5.41, 5.74) is 1.79. The summed E-state index contributed by atoms with van der Waals surface area (Å²) in [6, 6.07) is 13.5. The summed E-state index contributed by atoms with van der Waals surface area (Å²) in [5.74, 6) is 0.657. The lowest BCUT2D eigenvalue weighted by Gasteiger charge is -2.16. The first kappa shape index (κ1) is 20.3. The number of anilines is 1. The Labute approximate surface area is 165 Å². The van der Waals surface area contributed by atoms with E-state index in [1.165, 1.54) is 12.1 Å². The lowest BCUT2D eigenvalue weighted by atomic mass is 10.2. The third-order valence-corrected chi connectivity index (χ3v) is 5.94. The molecule has 0 saturated carbocycles. The quantitative estimate of drug-likeness (QED) is 0.700. The van der Waals surface area contributed by atoms with E-state index in [0.29, 0.717) is 24.4 Å². The Hall–Kier alpha value is -2.42. The third-order valence-electron chi connectivity index (χ3n) is 4.50. The van der Waals surface area contributed by atoms with Crippen LogP contribution in [0.15, 0.2) is 53.4 Å². The van der Waals surface area contributed by atoms with Crippen molar-refractivity contribution >= 4 is 21.6 Å². The molecule has 1 saturated heterocycles. The number of nitrogens with one attached hydrogen (secondary N) is 1. The second-order valence-electron chi connectivity index (χ2n) is 6.77. The molecule has 28 heavy (non-hydrogen) atoms. The van der Waals surface area contributed by atoms with Crippen LogP contribution in [0, 0.1) is 6.92 Å². The molecule has 1 fully saturated rings. The lowest BCUT2D eigenvalue weighted by Crippen LogP contribution is -2.35. The number of nitrogens with zero attached hydrogens (tertiary/aromatic N) is 1. The summed E-state index contributed by atoms with van der Waals surface area (Å²) < 4.78 is 32.6. The van der Waals surface area contributed by atoms with E-state index in [1.54, 1.807) is 29.2 Å². The van der Waals surface area contributed by atoms with E-state index in [4.69, 9.17) is 4.74 Å². The van der Waals surface area contributed by atoms with E-state index in [-0.39, 0.29) is 24.0 Å². The minimum Gasteiger partial charge on any atom is -0.491 e. The minimum absolute atomic E-state index is 0.0262. The van der Waals surface area contributed by atoms with Gasteiger partial charge in [0.1, 0.15) is 18.5 Å². The predicted octanol–water partition coefficient (Wildman–Crippen LogP) is 1.84. The predicted molar refractivity (Wildman–Crippen MR) is 106 cm³/mol. The van der Waals surface area contributed by atoms with Crippen LogP contribution in [0.2, 0.25) is 0 Å². The molecular weight excluding hydrogens is 380 g/mol. The van der Waals surface area contributed by atoms with Gasteiger partial charge in [-0.05, 0) is 49.7 Å². The summed E-state index contributed by atoms with van der Waals surface area (Å²) in [7, 11) is -3.77. The Bertz CT molecular complexity index is 911. The number of hydrogen-bond donors (Lipinski definition) is 2. The summed E-state index contributed by atoms with van der Waals surface area (Å²) in [6.07, 6.45) is 0.338. The van der Waals surface area contributed by atoms with Crippen LogP contribution in [0.5, 0.6) is 5.75 Å². The number of carbonyl (C=O) groups excluding carboxylic acids is 1. The number of aliphatic hydroxyl groups is 1. The van der Waals surface area contributed by atoms with Gasteiger partial charge in [-0.1, -0.05) is 17.7 Å². The number of sulfonamides is 1. The number of amides is 1. The van der Waals surface area contributed by atoms with Crippen LogP contribution < -0.4 is 14.4 Å². The SMILES string of the molecule is Cc1ccc(OC[C@@H](O)CNS(=O)(=O)c2ccc(N3CCCC3=O)cc2)cc1. The number of aliphatic hydroxyl groups excluding tert-OH is 1. The molecule has 1 amide bonds. The maximum absolute atomic E-state index is 12.4. The second-order valence-corrected chi connectivity index (χ2v) is 8.54. The fourth-order valence-electron chi connectivity index (χ4n) is 2.90. The summed E-state index contributed by atoms with van der Waals surface area (Å²) in [6.45, 7) is 2.42. The standard InChI is InChI=1S/C20H24N2O5S/c1-15-4-8-18(9-5-15)27-14-17(23)13-21-28(25,26)19-10-6-16(7-11-19)22-12-2-3-20(22)24/h4-11,17,21,23H,2-3,12-14H2,1H3/t17-/m0/s1. The van der Waals surface area contributed by atoms with E-state index in [2.05, 4.69) is 4.72 Å². The van der Waals surface area contributed by atoms with Crippen LogP contribution in [0.1, 0.15) is 18.4 Å². The van der Waals surface area contributed by atoms with Crippen LogP contribution in [0.25, 0.3) is 0 Å². The smallest absolute Gasteiger partial charge is 0.240 e. The molecule has 1 aliphatic rings. The molecular formula is C20H24N2O5S. The molecule has 1 heterocycles. The van der Waals surface area contributed by atoms with Crippen molar-refractivity contribution in [3.63, 3.8) is 0 Å². The van der Waals surface area contributed by atoms with Crippen molar-refractivity contribution < 1.29 is 23.1 Å². The highest BCUT2D eigenvalue weighted by Crippen LogP contribution is 2.23. The van der Waals surface area contributed by atoms with E-state index in [9.17, 15) is 18.3 Å². The average molecular weight is 404 g/mol. The van der Waals surface area contributed by atoms with Crippen molar-refractivity contribution in [3.8, 4) is 5.75 Å². The van der Waals surface area contributed by atoms with Crippen molar-refractivity contribution in [1.82, 2.24) is 4.72 Å². The van der Waals surface area contributed by atoms with Gasteiger partial charge in [0.2, 0.25) is 15.9 Å². The molecule has 0 unspecified atom stereocenters. The van der Waals surface area contributed by atoms with Gasteiger partial charge in [0.25, 0.3) is 0 Å². The summed E-state index contributed by atoms with van der Waals surface area (Å²) in [4.78, 5) is 13.5. The van der Waals surface area contributed by atoms with Gasteiger partial charge in [0, 0.05) is 25.2 Å². The van der Waals surface area contributed by atoms with E-state index >= 15 is 0 Å². The molecule has 2 N–H and O–H groups in total. The number of ether oxygens (including phenoxy) is 1. The average Bonchev–Trinajstić information content (AvgIpc) is 3.12. The highest BCUT2D eigenvalue weighted by molar-refractivity contribution is 7.89. The molecule has 0 radical (unpaired) electrons. The van der Waals surface area contributed by atoms with Gasteiger partial charge in [-0.3, -0.25) is 4.79 Å². The van der Waals surface area contributed by atoms with Crippen LogP contribution >= 0.6 is 0 Å². The number of carbonyl (C=O) groups is 1. The Morgan fingerprint density at radius 1 is 1.14 bits per heavy atom. The molecule has 2 aromatic carbocycles. The number of benzene rings is 2. The topological polar surface area (TPSA) is 95.9 Å². The maximum Gasteiger partial charge on any atom is 0.240 e. The normalized spacial score (nSPS) is 15.6. The van der Waals surface area contributed by atoms with Gasteiger partial charge in [-0.15, -0.1) is 0 Å². The van der Waals surface area contributed by atoms with E-state index in [0.717, 1.165) is 12.0 Å². The Balaban J connectivity index is 1.52. The summed E-state index contributed by atoms with van der Waals surface area (Å²) >= 11 is 0. The van der Waals surface area contributed by atoms with Crippen molar-refractivity contribution in [3.05, 3.63) is 54.1 Å².